The minimum atomic E-state index is -4.97. The van der Waals surface area contributed by atoms with Crippen molar-refractivity contribution in [3.8, 4) is 11.1 Å². The highest BCUT2D eigenvalue weighted by Gasteiger charge is 2.36. The van der Waals surface area contributed by atoms with E-state index in [9.17, 15) is 22.8 Å². The molecule has 2 fully saturated rings. The van der Waals surface area contributed by atoms with Gasteiger partial charge in [0.05, 0.1) is 41.4 Å². The molecular weight excluding hydrogens is 573 g/mol. The van der Waals surface area contributed by atoms with Crippen LogP contribution in [0.25, 0.3) is 11.1 Å². The van der Waals surface area contributed by atoms with Gasteiger partial charge in [-0.3, -0.25) is 14.5 Å². The van der Waals surface area contributed by atoms with Crippen molar-refractivity contribution in [3.05, 3.63) is 75.7 Å². The number of hydrogen-bond donors (Lipinski definition) is 2. The first-order valence-corrected chi connectivity index (χ1v) is 13.9. The van der Waals surface area contributed by atoms with Crippen molar-refractivity contribution in [2.45, 2.75) is 32.1 Å². The van der Waals surface area contributed by atoms with Gasteiger partial charge in [0.1, 0.15) is 11.6 Å². The number of pyridine rings is 1. The molecule has 2 aliphatic heterocycles. The Bertz CT molecular complexity index is 1560. The largest absolute Gasteiger partial charge is 0.417 e. The number of anilines is 3. The Morgan fingerprint density at radius 2 is 1.63 bits per heavy atom. The predicted molar refractivity (Wildman–Crippen MR) is 154 cm³/mol. The Kier molecular flexibility index (Phi) is 8.48. The monoisotopic (exact) mass is 605 g/mol. The summed E-state index contributed by atoms with van der Waals surface area (Å²) in [6.07, 6.45) is -4.27. The summed E-state index contributed by atoms with van der Waals surface area (Å²) >= 11 is 0. The molecule has 2 atom stereocenters. The van der Waals surface area contributed by atoms with E-state index in [4.69, 9.17) is 4.74 Å². The van der Waals surface area contributed by atoms with E-state index in [2.05, 4.69) is 15.2 Å². The Morgan fingerprint density at radius 3 is 2.26 bits per heavy atom. The molecule has 2 aromatic carbocycles. The molecule has 2 saturated heterocycles. The number of ether oxygens (including phenoxy) is 1. The number of likely N-dealkylation sites (N-methyl/N-ethyl adjacent to an activating group) is 1. The number of H-pyrrole nitrogens is 1. The number of piperazine rings is 1. The average molecular weight is 606 g/mol. The quantitative estimate of drug-likeness (QED) is 0.401. The standard InChI is InChI=1S/C30H32F5N5O3/c1-17-15-40(16-18(2)38(17)3)27-13-23(31)20(19-4-5-26(24(32)10-19)39-6-8-43-9-7-39)11-25(27)37-29(42)21-14-36-28(41)12-22(21)30(33,34)35/h4-5,10-14,17-18H,6-9,15-16H2,1-3H3,(H,36,41)(H,37,42)/t17-,18+. The molecule has 3 heterocycles. The van der Waals surface area contributed by atoms with Crippen LogP contribution in [0.1, 0.15) is 29.8 Å². The van der Waals surface area contributed by atoms with Gasteiger partial charge in [-0.2, -0.15) is 13.2 Å². The van der Waals surface area contributed by atoms with Crippen molar-refractivity contribution in [2.24, 2.45) is 0 Å². The first-order valence-electron chi connectivity index (χ1n) is 13.9. The van der Waals surface area contributed by atoms with Gasteiger partial charge in [-0.1, -0.05) is 6.07 Å². The zero-order valence-corrected chi connectivity index (χ0v) is 23.9. The molecule has 0 bridgehead atoms. The normalized spacial score (nSPS) is 19.9. The molecule has 0 saturated carbocycles. The van der Waals surface area contributed by atoms with Crippen molar-refractivity contribution in [3.63, 3.8) is 0 Å². The molecule has 43 heavy (non-hydrogen) atoms. The lowest BCUT2D eigenvalue weighted by molar-refractivity contribution is -0.138. The SMILES string of the molecule is C[C@@H]1CN(c2cc(F)c(-c3ccc(N4CCOCC4)c(F)c3)cc2NC(=O)c2c[nH]c(=O)cc2C(F)(F)F)C[C@H](C)N1C. The maximum absolute atomic E-state index is 15.8. The molecule has 2 aliphatic rings. The second-order valence-electron chi connectivity index (χ2n) is 11.0. The first-order chi connectivity index (χ1) is 20.3. The minimum absolute atomic E-state index is 0.0424. The summed E-state index contributed by atoms with van der Waals surface area (Å²) in [5.74, 6) is -2.41. The van der Waals surface area contributed by atoms with Crippen LogP contribution in [0.3, 0.4) is 0 Å². The summed E-state index contributed by atoms with van der Waals surface area (Å²) in [5.41, 5.74) is -2.42. The van der Waals surface area contributed by atoms with Crippen LogP contribution < -0.4 is 20.7 Å². The van der Waals surface area contributed by atoms with Gasteiger partial charge in [0.15, 0.2) is 0 Å². The number of nitrogens with zero attached hydrogens (tertiary/aromatic N) is 3. The lowest BCUT2D eigenvalue weighted by atomic mass is 10.0. The summed E-state index contributed by atoms with van der Waals surface area (Å²) in [4.78, 5) is 32.9. The average Bonchev–Trinajstić information content (AvgIpc) is 2.96. The number of benzene rings is 2. The Labute approximate surface area is 245 Å². The van der Waals surface area contributed by atoms with Gasteiger partial charge in [-0.25, -0.2) is 8.78 Å². The summed E-state index contributed by atoms with van der Waals surface area (Å²) in [7, 11) is 1.96. The maximum Gasteiger partial charge on any atom is 0.417 e. The fourth-order valence-electron chi connectivity index (χ4n) is 5.57. The third-order valence-electron chi connectivity index (χ3n) is 8.12. The summed E-state index contributed by atoms with van der Waals surface area (Å²) in [6.45, 7) is 6.80. The molecule has 230 valence electrons. The predicted octanol–water partition coefficient (Wildman–Crippen LogP) is 4.96. The zero-order valence-electron chi connectivity index (χ0n) is 23.9. The lowest BCUT2D eigenvalue weighted by Crippen LogP contribution is -2.55. The molecule has 3 aromatic rings. The number of carbonyl (C=O) groups is 1. The van der Waals surface area contributed by atoms with E-state index >= 15 is 8.78 Å². The maximum atomic E-state index is 15.8. The van der Waals surface area contributed by atoms with Gasteiger partial charge in [0.25, 0.3) is 5.91 Å². The van der Waals surface area contributed by atoms with Crippen LogP contribution in [-0.2, 0) is 10.9 Å². The zero-order chi connectivity index (χ0) is 31.1. The second-order valence-corrected chi connectivity index (χ2v) is 11.0. The molecule has 8 nitrogen and oxygen atoms in total. The van der Waals surface area contributed by atoms with Crippen molar-refractivity contribution in [1.82, 2.24) is 9.88 Å². The van der Waals surface area contributed by atoms with Gasteiger partial charge >= 0.3 is 6.18 Å². The van der Waals surface area contributed by atoms with E-state index in [0.717, 1.165) is 0 Å². The topological polar surface area (TPSA) is 80.9 Å². The van der Waals surface area contributed by atoms with Crippen molar-refractivity contribution >= 4 is 23.0 Å². The summed E-state index contributed by atoms with van der Waals surface area (Å²) in [5, 5.41) is 2.51. The van der Waals surface area contributed by atoms with E-state index in [1.165, 1.54) is 18.2 Å². The summed E-state index contributed by atoms with van der Waals surface area (Å²) < 4.78 is 77.5. The lowest BCUT2D eigenvalue weighted by Gasteiger charge is -2.44. The van der Waals surface area contributed by atoms with E-state index in [1.807, 2.05) is 30.7 Å². The molecule has 0 aliphatic carbocycles. The minimum Gasteiger partial charge on any atom is -0.378 e. The van der Waals surface area contributed by atoms with Crippen LogP contribution in [0.15, 0.2) is 47.4 Å². The Morgan fingerprint density at radius 1 is 0.953 bits per heavy atom. The van der Waals surface area contributed by atoms with E-state index < -0.39 is 40.4 Å². The van der Waals surface area contributed by atoms with Crippen LogP contribution in [0.4, 0.5) is 39.0 Å². The number of aromatic amines is 1. The van der Waals surface area contributed by atoms with Crippen molar-refractivity contribution in [1.29, 1.82) is 0 Å². The molecule has 1 amide bonds. The molecule has 0 spiro atoms. The fourth-order valence-corrected chi connectivity index (χ4v) is 5.57. The van der Waals surface area contributed by atoms with Crippen LogP contribution in [0.5, 0.6) is 0 Å². The van der Waals surface area contributed by atoms with Gasteiger partial charge in [0, 0.05) is 56.1 Å². The fraction of sp³-hybridized carbons (Fsp3) is 0.400. The van der Waals surface area contributed by atoms with Gasteiger partial charge < -0.3 is 24.8 Å². The highest BCUT2D eigenvalue weighted by Crippen LogP contribution is 2.38. The third-order valence-corrected chi connectivity index (χ3v) is 8.12. The van der Waals surface area contributed by atoms with Crippen LogP contribution in [-0.4, -0.2) is 74.3 Å². The van der Waals surface area contributed by atoms with E-state index in [-0.39, 0.29) is 34.6 Å². The number of alkyl halides is 3. The van der Waals surface area contributed by atoms with Crippen molar-refractivity contribution < 1.29 is 31.5 Å². The Hall–Kier alpha value is -3.97. The van der Waals surface area contributed by atoms with E-state index in [1.54, 1.807) is 12.1 Å². The number of hydrogen-bond acceptors (Lipinski definition) is 6. The smallest absolute Gasteiger partial charge is 0.378 e. The number of nitrogens with one attached hydrogen (secondary N) is 2. The van der Waals surface area contributed by atoms with Gasteiger partial charge in [-0.05, 0) is 50.7 Å². The first kappa shape index (κ1) is 30.5. The number of rotatable bonds is 5. The Balaban J connectivity index is 1.57. The highest BCUT2D eigenvalue weighted by molar-refractivity contribution is 6.07. The molecule has 13 heteroatoms. The van der Waals surface area contributed by atoms with Crippen molar-refractivity contribution in [2.75, 3.05) is 61.6 Å². The second kappa shape index (κ2) is 12.0. The number of morpholine rings is 1. The van der Waals surface area contributed by atoms with Gasteiger partial charge in [0.2, 0.25) is 5.56 Å². The molecule has 0 unspecified atom stereocenters. The van der Waals surface area contributed by atoms with Crippen LogP contribution in [0, 0.1) is 11.6 Å². The summed E-state index contributed by atoms with van der Waals surface area (Å²) in [6, 6.07) is 7.22. The number of amides is 1. The van der Waals surface area contributed by atoms with Crippen LogP contribution in [0.2, 0.25) is 0 Å². The van der Waals surface area contributed by atoms with E-state index in [0.29, 0.717) is 57.3 Å². The highest BCUT2D eigenvalue weighted by atomic mass is 19.4. The van der Waals surface area contributed by atoms with Gasteiger partial charge in [-0.15, -0.1) is 0 Å². The molecule has 5 rings (SSSR count). The van der Waals surface area contributed by atoms with Crippen LogP contribution >= 0.6 is 0 Å². The molecular formula is C30H32F5N5O3. The third kappa shape index (κ3) is 6.37. The molecule has 1 aromatic heterocycles. The number of carbonyl (C=O) groups excluding carboxylic acids is 1. The molecule has 0 radical (unpaired) electrons. The molecule has 2 N–H and O–H groups in total. The number of aromatic nitrogens is 1. The number of halogens is 5.